The maximum absolute atomic E-state index is 4.39. The van der Waals surface area contributed by atoms with Gasteiger partial charge in [-0.05, 0) is 18.8 Å². The van der Waals surface area contributed by atoms with E-state index in [2.05, 4.69) is 10.6 Å². The molecule has 1 aliphatic carbocycles. The van der Waals surface area contributed by atoms with Crippen LogP contribution < -0.4 is 10.6 Å². The van der Waals surface area contributed by atoms with Crippen molar-refractivity contribution >= 4 is 0 Å². The van der Waals surface area contributed by atoms with Crippen molar-refractivity contribution in [3.63, 3.8) is 0 Å². The summed E-state index contributed by atoms with van der Waals surface area (Å²) in [5.74, 6) is 0.963. The van der Waals surface area contributed by atoms with Crippen LogP contribution in [0.3, 0.4) is 0 Å². The molecule has 8 heavy (non-hydrogen) atoms. The monoisotopic (exact) mass is 111 g/mol. The Labute approximate surface area is 49.7 Å². The first-order chi connectivity index (χ1) is 3.97. The molecule has 0 aromatic rings. The van der Waals surface area contributed by atoms with Crippen molar-refractivity contribution < 1.29 is 0 Å². The summed E-state index contributed by atoms with van der Waals surface area (Å²) in [5.41, 5.74) is 0. The number of nitrogens with zero attached hydrogens (tertiary/aromatic N) is 1. The number of rotatable bonds is 1. The van der Waals surface area contributed by atoms with Gasteiger partial charge in [0.1, 0.15) is 0 Å². The van der Waals surface area contributed by atoms with Crippen LogP contribution in [0.25, 0.3) is 0 Å². The molecule has 2 fully saturated rings. The van der Waals surface area contributed by atoms with Gasteiger partial charge in [-0.2, -0.15) is 0 Å². The first kappa shape index (κ1) is 4.77. The number of nitrogens with one attached hydrogen (secondary N) is 1. The first-order valence-electron chi connectivity index (χ1n) is 3.34. The third-order valence-electron chi connectivity index (χ3n) is 1.96. The smallest absolute Gasteiger partial charge is 0.0628 e. The Kier molecular flexibility index (Phi) is 1.02. The topological polar surface area (TPSA) is 26.1 Å². The van der Waals surface area contributed by atoms with E-state index in [-0.39, 0.29) is 0 Å². The fourth-order valence-corrected chi connectivity index (χ4v) is 1.26. The lowest BCUT2D eigenvalue weighted by Gasteiger charge is -2.01. The highest BCUT2D eigenvalue weighted by molar-refractivity contribution is 4.89. The molecule has 1 saturated carbocycles. The second-order valence-electron chi connectivity index (χ2n) is 2.70. The lowest BCUT2D eigenvalue weighted by molar-refractivity contribution is 0.554. The Morgan fingerprint density at radius 3 is 2.75 bits per heavy atom. The Hall–Kier alpha value is -0.0800. The summed E-state index contributed by atoms with van der Waals surface area (Å²) in [6.45, 7) is 2.05. The predicted octanol–water partition coefficient (Wildman–Crippen LogP) is -0.0699. The summed E-state index contributed by atoms with van der Waals surface area (Å²) < 4.78 is 0. The zero-order valence-corrected chi connectivity index (χ0v) is 4.93. The fraction of sp³-hybridized carbons (Fsp3) is 1.00. The highest BCUT2D eigenvalue weighted by atomic mass is 15.2. The van der Waals surface area contributed by atoms with Gasteiger partial charge in [-0.15, -0.1) is 0 Å². The molecule has 0 bridgehead atoms. The summed E-state index contributed by atoms with van der Waals surface area (Å²) in [7, 11) is 0. The molecule has 2 rings (SSSR count). The zero-order chi connectivity index (χ0) is 5.40. The molecule has 1 N–H and O–H groups in total. The third-order valence-corrected chi connectivity index (χ3v) is 1.96. The van der Waals surface area contributed by atoms with Gasteiger partial charge in [0.15, 0.2) is 0 Å². The summed E-state index contributed by atoms with van der Waals surface area (Å²) in [4.78, 5) is 0. The minimum atomic E-state index is 0.690. The normalized spacial score (nSPS) is 38.2. The fourth-order valence-electron chi connectivity index (χ4n) is 1.26. The Morgan fingerprint density at radius 1 is 1.38 bits per heavy atom. The van der Waals surface area contributed by atoms with Crippen LogP contribution >= 0.6 is 0 Å². The second-order valence-corrected chi connectivity index (χ2v) is 2.70. The molecular formula is C6H11N2. The van der Waals surface area contributed by atoms with Gasteiger partial charge in [0.05, 0.1) is 6.67 Å². The summed E-state index contributed by atoms with van der Waals surface area (Å²) >= 11 is 0. The van der Waals surface area contributed by atoms with Crippen molar-refractivity contribution in [1.82, 2.24) is 10.6 Å². The van der Waals surface area contributed by atoms with Crippen LogP contribution in [-0.4, -0.2) is 19.3 Å². The van der Waals surface area contributed by atoms with Crippen LogP contribution in [-0.2, 0) is 0 Å². The maximum Gasteiger partial charge on any atom is 0.0628 e. The van der Waals surface area contributed by atoms with E-state index in [1.54, 1.807) is 0 Å². The number of hydrogen-bond acceptors (Lipinski definition) is 1. The average molecular weight is 111 g/mol. The first-order valence-corrected chi connectivity index (χ1v) is 3.34. The average Bonchev–Trinajstić information content (AvgIpc) is 2.49. The predicted molar refractivity (Wildman–Crippen MR) is 31.5 cm³/mol. The van der Waals surface area contributed by atoms with Gasteiger partial charge in [0.25, 0.3) is 0 Å². The van der Waals surface area contributed by atoms with Crippen molar-refractivity contribution in [3.05, 3.63) is 0 Å². The largest absolute Gasteiger partial charge is 0.302 e. The molecule has 0 aromatic carbocycles. The molecule has 0 aromatic heterocycles. The minimum Gasteiger partial charge on any atom is -0.302 e. The molecule has 45 valence electrons. The second kappa shape index (κ2) is 1.71. The highest BCUT2D eigenvalue weighted by Gasteiger charge is 2.33. The van der Waals surface area contributed by atoms with E-state index < -0.39 is 0 Å². The molecule has 2 aliphatic rings. The van der Waals surface area contributed by atoms with E-state index in [1.165, 1.54) is 12.8 Å². The van der Waals surface area contributed by atoms with Gasteiger partial charge in [-0.3, -0.25) is 0 Å². The molecule has 1 atom stereocenters. The molecule has 1 radical (unpaired) electrons. The quantitative estimate of drug-likeness (QED) is 0.503. The van der Waals surface area contributed by atoms with Crippen LogP contribution in [0, 0.1) is 5.92 Å². The van der Waals surface area contributed by atoms with Crippen LogP contribution in [0.5, 0.6) is 0 Å². The van der Waals surface area contributed by atoms with Crippen molar-refractivity contribution in [1.29, 1.82) is 0 Å². The number of hydrogen-bond donors (Lipinski definition) is 1. The molecule has 1 heterocycles. The standard InChI is InChI=1S/C6H11N2/c1-2-5(1)6-3-7-4-8-6/h5-7H,1-4H2. The molecule has 0 amide bonds. The summed E-state index contributed by atoms with van der Waals surface area (Å²) in [6, 6.07) is 0.690. The Balaban J connectivity index is 1.86. The SMILES string of the molecule is C1[N]C(C2CC2)CN1. The van der Waals surface area contributed by atoms with Crippen molar-refractivity contribution in [2.45, 2.75) is 18.9 Å². The lowest BCUT2D eigenvalue weighted by atomic mass is 10.2. The van der Waals surface area contributed by atoms with E-state index >= 15 is 0 Å². The van der Waals surface area contributed by atoms with Gasteiger partial charge in [-0.25, -0.2) is 5.32 Å². The molecule has 2 nitrogen and oxygen atoms in total. The van der Waals surface area contributed by atoms with Gasteiger partial charge in [-0.1, -0.05) is 0 Å². The van der Waals surface area contributed by atoms with Crippen molar-refractivity contribution in [2.75, 3.05) is 13.2 Å². The van der Waals surface area contributed by atoms with Gasteiger partial charge in [0, 0.05) is 12.6 Å². The summed E-state index contributed by atoms with van der Waals surface area (Å²) in [5, 5.41) is 7.61. The molecule has 1 saturated heterocycles. The molecule has 1 aliphatic heterocycles. The van der Waals surface area contributed by atoms with E-state index in [0.717, 1.165) is 19.1 Å². The minimum absolute atomic E-state index is 0.690. The lowest BCUT2D eigenvalue weighted by Crippen LogP contribution is -2.19. The van der Waals surface area contributed by atoms with E-state index in [1.807, 2.05) is 0 Å². The van der Waals surface area contributed by atoms with Crippen LogP contribution in [0.4, 0.5) is 0 Å². The molecule has 2 heteroatoms. The molecule has 0 spiro atoms. The maximum atomic E-state index is 4.39. The summed E-state index contributed by atoms with van der Waals surface area (Å²) in [6.07, 6.45) is 2.85. The zero-order valence-electron chi connectivity index (χ0n) is 4.93. The van der Waals surface area contributed by atoms with Crippen molar-refractivity contribution in [3.8, 4) is 0 Å². The van der Waals surface area contributed by atoms with E-state index in [9.17, 15) is 0 Å². The van der Waals surface area contributed by atoms with Gasteiger partial charge < -0.3 is 5.32 Å². The Morgan fingerprint density at radius 2 is 2.25 bits per heavy atom. The van der Waals surface area contributed by atoms with Crippen LogP contribution in [0.15, 0.2) is 0 Å². The Bertz CT molecular complexity index is 82.5. The molecular weight excluding hydrogens is 100 g/mol. The van der Waals surface area contributed by atoms with Crippen LogP contribution in [0.2, 0.25) is 0 Å². The van der Waals surface area contributed by atoms with Gasteiger partial charge in [0.2, 0.25) is 0 Å². The highest BCUT2D eigenvalue weighted by Crippen LogP contribution is 2.33. The van der Waals surface area contributed by atoms with Crippen LogP contribution in [0.1, 0.15) is 12.8 Å². The van der Waals surface area contributed by atoms with Gasteiger partial charge >= 0.3 is 0 Å². The third kappa shape index (κ3) is 0.740. The van der Waals surface area contributed by atoms with E-state index in [0.29, 0.717) is 6.04 Å². The van der Waals surface area contributed by atoms with E-state index in [4.69, 9.17) is 0 Å². The van der Waals surface area contributed by atoms with Crippen molar-refractivity contribution in [2.24, 2.45) is 5.92 Å². The molecule has 1 unspecified atom stereocenters.